The van der Waals surface area contributed by atoms with Gasteiger partial charge in [0.2, 0.25) is 10.0 Å². The van der Waals surface area contributed by atoms with E-state index in [-0.39, 0.29) is 0 Å². The first-order valence-electron chi connectivity index (χ1n) is 25.0. The molecule has 0 amide bonds. The van der Waals surface area contributed by atoms with Gasteiger partial charge in [0.25, 0.3) is 0 Å². The maximum absolute atomic E-state index is 12.1. The van der Waals surface area contributed by atoms with Crippen LogP contribution in [0.2, 0.25) is 0 Å². The number of piperidine rings is 2. The van der Waals surface area contributed by atoms with Gasteiger partial charge in [-0.2, -0.15) is 13.2 Å². The first-order chi connectivity index (χ1) is 32.3. The van der Waals surface area contributed by atoms with Crippen molar-refractivity contribution in [2.24, 2.45) is 5.92 Å². The Morgan fingerprint density at radius 1 is 0.809 bits per heavy atom. The van der Waals surface area contributed by atoms with E-state index in [2.05, 4.69) is 121 Å². The van der Waals surface area contributed by atoms with Crippen LogP contribution < -0.4 is 21.3 Å². The fourth-order valence-corrected chi connectivity index (χ4v) is 8.15. The lowest BCUT2D eigenvalue weighted by Crippen LogP contribution is -2.45. The van der Waals surface area contributed by atoms with Gasteiger partial charge < -0.3 is 30.9 Å². The van der Waals surface area contributed by atoms with E-state index in [4.69, 9.17) is 4.74 Å². The van der Waals surface area contributed by atoms with Crippen molar-refractivity contribution >= 4 is 27.2 Å². The number of aryl methyl sites for hydroxylation is 3. The summed E-state index contributed by atoms with van der Waals surface area (Å²) in [7, 11) is 1.10. The Bertz CT molecular complexity index is 1870. The Labute approximate surface area is 412 Å². The highest BCUT2D eigenvalue weighted by Gasteiger charge is 2.32. The number of halogens is 3. The summed E-state index contributed by atoms with van der Waals surface area (Å²) >= 11 is 0. The highest BCUT2D eigenvalue weighted by molar-refractivity contribution is 7.88. The molecular formula is C53H93F3N8O3S. The zero-order chi connectivity index (χ0) is 51.7. The number of likely N-dealkylation sites (tertiary alicyclic amines) is 1. The van der Waals surface area contributed by atoms with Crippen LogP contribution in [0.15, 0.2) is 78.6 Å². The van der Waals surface area contributed by atoms with E-state index in [1.165, 1.54) is 33.5 Å². The Morgan fingerprint density at radius 3 is 1.81 bits per heavy atom. The van der Waals surface area contributed by atoms with Crippen LogP contribution >= 0.6 is 0 Å². The summed E-state index contributed by atoms with van der Waals surface area (Å²) in [5.74, 6) is 1.56. The van der Waals surface area contributed by atoms with Gasteiger partial charge in [0, 0.05) is 87.3 Å². The second-order valence-electron chi connectivity index (χ2n) is 17.1. The highest BCUT2D eigenvalue weighted by Crippen LogP contribution is 2.22. The van der Waals surface area contributed by atoms with Crippen molar-refractivity contribution in [1.82, 2.24) is 24.4 Å². The molecule has 0 bridgehead atoms. The molecule has 68 heavy (non-hydrogen) atoms. The number of alkyl halides is 3. The number of benzene rings is 2. The maximum atomic E-state index is 12.1. The molecule has 0 radical (unpaired) electrons. The number of pyridine rings is 1. The molecule has 3 fully saturated rings. The summed E-state index contributed by atoms with van der Waals surface area (Å²) in [5.41, 5.74) is 7.21. The van der Waals surface area contributed by atoms with E-state index in [1.54, 1.807) is 4.31 Å². The number of nitrogens with one attached hydrogen (secondary N) is 4. The normalized spacial score (nSPS) is 18.0. The Morgan fingerprint density at radius 2 is 1.34 bits per heavy atom. The molecule has 0 spiro atoms. The van der Waals surface area contributed by atoms with E-state index in [1.807, 2.05) is 79.8 Å². The molecule has 4 N–H and O–H groups in total. The summed E-state index contributed by atoms with van der Waals surface area (Å²) in [5, 5.41) is 13.6. The lowest BCUT2D eigenvalue weighted by molar-refractivity contribution is -0.148. The van der Waals surface area contributed by atoms with Gasteiger partial charge in [0.15, 0.2) is 0 Å². The van der Waals surface area contributed by atoms with Crippen molar-refractivity contribution in [2.45, 2.75) is 139 Å². The monoisotopic (exact) mass is 979 g/mol. The molecule has 11 nitrogen and oxygen atoms in total. The van der Waals surface area contributed by atoms with Gasteiger partial charge in [0.1, 0.15) is 5.82 Å². The fraction of sp³-hybridized carbons (Fsp3) is 0.642. The molecule has 1 aromatic heterocycles. The Hall–Kier alpha value is -3.89. The average Bonchev–Trinajstić information content (AvgIpc) is 3.30. The number of sulfonamides is 1. The van der Waals surface area contributed by atoms with Crippen LogP contribution in [-0.2, 0) is 14.8 Å². The van der Waals surface area contributed by atoms with Crippen LogP contribution in [-0.4, -0.2) is 131 Å². The largest absolute Gasteiger partial charge is 0.401 e. The second-order valence-corrected chi connectivity index (χ2v) is 19.1. The van der Waals surface area contributed by atoms with E-state index in [0.29, 0.717) is 50.2 Å². The molecular weight excluding hydrogens is 886 g/mol. The second kappa shape index (κ2) is 36.1. The molecule has 0 aliphatic carbocycles. The third-order valence-corrected chi connectivity index (χ3v) is 12.3. The Balaban J connectivity index is 0.000000852. The van der Waals surface area contributed by atoms with Crippen molar-refractivity contribution in [3.8, 4) is 0 Å². The molecule has 15 heteroatoms. The molecule has 3 saturated heterocycles. The zero-order valence-corrected chi connectivity index (χ0v) is 45.5. The molecule has 6 rings (SSSR count). The lowest BCUT2D eigenvalue weighted by Gasteiger charge is -2.33. The van der Waals surface area contributed by atoms with Crippen molar-refractivity contribution < 1.29 is 26.3 Å². The summed E-state index contributed by atoms with van der Waals surface area (Å²) in [6.07, 6.45) is 5.40. The quantitative estimate of drug-likeness (QED) is 0.140. The van der Waals surface area contributed by atoms with Crippen LogP contribution in [0.25, 0.3) is 0 Å². The molecule has 3 aliphatic heterocycles. The first kappa shape index (κ1) is 64.1. The number of hydrogen-bond acceptors (Lipinski definition) is 10. The van der Waals surface area contributed by atoms with Crippen molar-refractivity contribution in [2.75, 3.05) is 95.3 Å². The molecule has 2 unspecified atom stereocenters. The van der Waals surface area contributed by atoms with E-state index in [0.717, 1.165) is 75.6 Å². The predicted octanol–water partition coefficient (Wildman–Crippen LogP) is 11.6. The molecule has 0 saturated carbocycles. The van der Waals surface area contributed by atoms with Gasteiger partial charge >= 0.3 is 6.18 Å². The number of aromatic nitrogens is 1. The summed E-state index contributed by atoms with van der Waals surface area (Å²) in [4.78, 5) is 7.82. The minimum absolute atomic E-state index is 0.320. The van der Waals surface area contributed by atoms with Crippen molar-refractivity contribution in [3.63, 3.8) is 0 Å². The number of ether oxygens (including phenoxy) is 1. The van der Waals surface area contributed by atoms with Crippen LogP contribution in [0.3, 0.4) is 0 Å². The minimum atomic E-state index is -4.07. The number of rotatable bonds is 12. The molecule has 390 valence electrons. The molecule has 3 aromatic rings. The van der Waals surface area contributed by atoms with Gasteiger partial charge in [0.05, 0.1) is 19.4 Å². The molecule has 2 atom stereocenters. The van der Waals surface area contributed by atoms with Crippen molar-refractivity contribution in [3.05, 3.63) is 95.3 Å². The molecule has 3 aliphatic rings. The first-order valence-corrected chi connectivity index (χ1v) is 26.8. The SMILES string of the molecule is C/C=C(\C)NC1CCN(CC(F)(F)F)CC1.CC.CC.CC.Cc1cccc(NC2CCN(S(C)(=O)=O)CC2)c1.Cc1cccc(NC2CCOCC2C)c1.Cc1ccnc(NCCN(C)C)c1. The summed E-state index contributed by atoms with van der Waals surface area (Å²) in [6.45, 7) is 29.6. The highest BCUT2D eigenvalue weighted by atomic mass is 32.2. The maximum Gasteiger partial charge on any atom is 0.401 e. The predicted molar refractivity (Wildman–Crippen MR) is 286 cm³/mol. The standard InChI is InChI=1S/C13H20N2O2S.C13H19NO.C11H19F3N2.C10H17N3.3C2H6/c1-11-4-3-5-13(10-11)14-12-6-8-15(9-7-12)18(2,16)17;1-10-4-3-5-12(8-10)14-13-6-7-15-9-11(13)2;1-3-9(2)15-10-4-6-16(7-5-10)8-11(12,13)14;1-9-4-5-11-10(8-9)12-6-7-13(2)3;3*1-2/h3-5,10,12,14H,6-9H2,1-2H3;3-5,8,11,13-14H,6-7,9H2,1-2H3;3,10,15H,4-8H2,1-2H3;4-5,8H,6-7H2,1-3H3,(H,11,12);3*1-2H3/b;;9-3+;;;;. The van der Waals surface area contributed by atoms with Crippen molar-refractivity contribution in [1.29, 1.82) is 0 Å². The number of hydrogen-bond donors (Lipinski definition) is 4. The van der Waals surface area contributed by atoms with Gasteiger partial charge in [-0.1, -0.05) is 78.8 Å². The third kappa shape index (κ3) is 29.9. The van der Waals surface area contributed by atoms with Crippen LogP contribution in [0.4, 0.5) is 30.4 Å². The lowest BCUT2D eigenvalue weighted by atomic mass is 9.97. The topological polar surface area (TPSA) is 114 Å². The zero-order valence-electron chi connectivity index (χ0n) is 44.7. The molecule has 2 aromatic carbocycles. The van der Waals surface area contributed by atoms with Gasteiger partial charge in [-0.25, -0.2) is 17.7 Å². The number of likely N-dealkylation sites (N-methyl/N-ethyl adjacent to an activating group) is 1. The Kier molecular flexibility index (Phi) is 34.0. The number of nitrogens with zero attached hydrogens (tertiary/aromatic N) is 4. The third-order valence-electron chi connectivity index (χ3n) is 11.0. The van der Waals surface area contributed by atoms with Crippen LogP contribution in [0, 0.1) is 26.7 Å². The summed E-state index contributed by atoms with van der Waals surface area (Å²) in [6, 6.07) is 22.1. The average molecular weight is 979 g/mol. The number of anilines is 3. The van der Waals surface area contributed by atoms with E-state index in [9.17, 15) is 21.6 Å². The van der Waals surface area contributed by atoms with Crippen LogP contribution in [0.5, 0.6) is 0 Å². The smallest absolute Gasteiger partial charge is 0.386 e. The van der Waals surface area contributed by atoms with E-state index < -0.39 is 22.7 Å². The van der Waals surface area contributed by atoms with Gasteiger partial charge in [-0.15, -0.1) is 0 Å². The van der Waals surface area contributed by atoms with E-state index >= 15 is 0 Å². The fourth-order valence-electron chi connectivity index (χ4n) is 7.28. The van der Waals surface area contributed by atoms with Gasteiger partial charge in [-0.05, 0) is 140 Å². The van der Waals surface area contributed by atoms with Gasteiger partial charge in [-0.3, -0.25) is 4.90 Å². The molecule has 4 heterocycles. The summed E-state index contributed by atoms with van der Waals surface area (Å²) < 4.78 is 66.2. The number of allylic oxidation sites excluding steroid dienone is 2. The van der Waals surface area contributed by atoms with Crippen LogP contribution in [0.1, 0.15) is 111 Å². The minimum Gasteiger partial charge on any atom is -0.386 e.